The number of likely N-dealkylation sites (N-methyl/N-ethyl adjacent to an activating group) is 2. The van der Waals surface area contributed by atoms with Gasteiger partial charge >= 0.3 is 0 Å². The average Bonchev–Trinajstić information content (AvgIpc) is 3.57. The molecule has 3 amide bonds. The standard InChI is InChI=1S/C21H42N2O6S.C21H42N2O5S.C20H38N2O4.3H2/c1-5-6-7-8-9-10-14-28-15-16-29-18-21(25)22-12-11-13-23(2,3)17-20(24)19-30(4,26)27;1-5-6-7-8-9-10-16-27-17-18-28-20-21(24)22-13-11-14-23(2,3)15-12-19-29(4,25)26;1-5-6-7-8-9-10-14-25-15-16-26-18-20(24)21-12-11-13-22(3,4)17-19(2)23;;;/h7-8,20,24H,5-6,9-19H2,1-4H3;7-8H,5-6,9-20H2,1-4H3;7-8H,5-6,9-18H2,1-4H3;3*1H/p+3/b3*8-7-;;;. The monoisotopic (exact) mass is 1260 g/mol. The molecule has 4 N–H and O–H groups in total. The molecule has 0 fully saturated rings. The summed E-state index contributed by atoms with van der Waals surface area (Å²) in [5.41, 5.74) is 0. The summed E-state index contributed by atoms with van der Waals surface area (Å²) in [5.74, 6) is -0.220. The molecule has 85 heavy (non-hydrogen) atoms. The molecule has 0 aliphatic carbocycles. The first kappa shape index (κ1) is 86.0. The zero-order valence-electron chi connectivity index (χ0n) is 55.4. The fourth-order valence-electron chi connectivity index (χ4n) is 8.24. The number of nitrogens with one attached hydrogen (secondary N) is 3. The maximum Gasteiger partial charge on any atom is 0.246 e. The summed E-state index contributed by atoms with van der Waals surface area (Å²) in [6.45, 7) is 18.9. The Morgan fingerprint density at radius 2 is 0.765 bits per heavy atom. The molecule has 21 nitrogen and oxygen atoms in total. The number of ketones is 1. The SMILES string of the molecule is CCC/C=C\CCCOCCOCC(=O)NCCC[N+](C)(C)CC(C)=O.CCC/C=C\CCCOCCOCC(=O)NCCC[N+](C)(C)CC(O)CS(C)(=O)=O.CCC/C=C\CCCOCCOCC(=O)NCCC[N+](C)(C)CCCS(C)(=O)=O.[HH].[HH].[HH]. The van der Waals surface area contributed by atoms with Crippen LogP contribution in [0.15, 0.2) is 36.5 Å². The van der Waals surface area contributed by atoms with Gasteiger partial charge in [0.2, 0.25) is 17.7 Å². The number of aliphatic hydroxyl groups is 1. The number of hydrogen-bond donors (Lipinski definition) is 4. The topological polar surface area (TPSA) is 248 Å². The van der Waals surface area contributed by atoms with E-state index in [0.29, 0.717) is 108 Å². The van der Waals surface area contributed by atoms with Gasteiger partial charge in [0.25, 0.3) is 0 Å². The Labute approximate surface area is 521 Å². The Balaban J connectivity index is -0.000000282. The smallest absolute Gasteiger partial charge is 0.246 e. The van der Waals surface area contributed by atoms with Gasteiger partial charge in [-0.25, -0.2) is 16.8 Å². The molecule has 0 aromatic rings. The molecular weight excluding hydrogens is 1130 g/mol. The van der Waals surface area contributed by atoms with Crippen molar-refractivity contribution in [2.24, 2.45) is 0 Å². The van der Waals surface area contributed by atoms with Crippen molar-refractivity contribution in [2.75, 3.05) is 204 Å². The minimum absolute atomic E-state index is 0. The number of rotatable bonds is 55. The largest absolute Gasteiger partial charge is 0.386 e. The van der Waals surface area contributed by atoms with Gasteiger partial charge in [-0.15, -0.1) is 0 Å². The van der Waals surface area contributed by atoms with Crippen LogP contribution in [0.25, 0.3) is 0 Å². The van der Waals surface area contributed by atoms with E-state index in [1.54, 1.807) is 6.92 Å². The number of quaternary nitrogens is 3. The number of ether oxygens (including phenoxy) is 6. The summed E-state index contributed by atoms with van der Waals surface area (Å²) in [5, 5.41) is 18.4. The number of carbonyl (C=O) groups excluding carboxylic acids is 4. The quantitative estimate of drug-likeness (QED) is 0.0293. The first-order chi connectivity index (χ1) is 40.1. The van der Waals surface area contributed by atoms with Crippen LogP contribution in [-0.4, -0.2) is 269 Å². The Kier molecular flexibility index (Phi) is 56.7. The van der Waals surface area contributed by atoms with Crippen LogP contribution in [0.2, 0.25) is 0 Å². The molecule has 0 bridgehead atoms. The number of unbranched alkanes of at least 4 members (excludes halogenated alkanes) is 6. The lowest BCUT2D eigenvalue weighted by molar-refractivity contribution is -0.893. The third-order valence-electron chi connectivity index (χ3n) is 12.6. The van der Waals surface area contributed by atoms with E-state index in [9.17, 15) is 41.1 Å². The molecule has 0 aliphatic heterocycles. The third-order valence-corrected chi connectivity index (χ3v) is 14.6. The van der Waals surface area contributed by atoms with Crippen LogP contribution in [0.1, 0.15) is 135 Å². The van der Waals surface area contributed by atoms with Crippen LogP contribution in [0.3, 0.4) is 0 Å². The lowest BCUT2D eigenvalue weighted by Gasteiger charge is -2.31. The molecule has 0 radical (unpaired) electrons. The third kappa shape index (κ3) is 73.2. The summed E-state index contributed by atoms with van der Waals surface area (Å²) in [6, 6.07) is 0. The highest BCUT2D eigenvalue weighted by molar-refractivity contribution is 7.90. The molecule has 0 saturated heterocycles. The first-order valence-corrected chi connectivity index (χ1v) is 35.4. The molecule has 508 valence electrons. The van der Waals surface area contributed by atoms with E-state index in [0.717, 1.165) is 114 Å². The van der Waals surface area contributed by atoms with Crippen LogP contribution in [0.5, 0.6) is 0 Å². The van der Waals surface area contributed by atoms with E-state index in [2.05, 4.69) is 87.3 Å². The van der Waals surface area contributed by atoms with Crippen LogP contribution >= 0.6 is 0 Å². The van der Waals surface area contributed by atoms with E-state index in [-0.39, 0.29) is 59.1 Å². The van der Waals surface area contributed by atoms with Gasteiger partial charge < -0.3 is 62.9 Å². The molecular formula is C62H131N6O15S2+3. The van der Waals surface area contributed by atoms with Gasteiger partial charge in [-0.1, -0.05) is 76.5 Å². The summed E-state index contributed by atoms with van der Waals surface area (Å²) >= 11 is 0. The maximum absolute atomic E-state index is 11.8. The molecule has 0 saturated carbocycles. The Morgan fingerprint density at radius 1 is 0.447 bits per heavy atom. The average molecular weight is 1260 g/mol. The van der Waals surface area contributed by atoms with Crippen LogP contribution < -0.4 is 16.0 Å². The molecule has 1 atom stereocenters. The highest BCUT2D eigenvalue weighted by atomic mass is 32.2. The van der Waals surface area contributed by atoms with Gasteiger partial charge in [-0.2, -0.15) is 0 Å². The first-order valence-electron chi connectivity index (χ1n) is 31.3. The number of hydrogen-bond acceptors (Lipinski definition) is 15. The number of nitrogens with zero attached hydrogens (tertiary/aromatic N) is 3. The molecule has 1 unspecified atom stereocenters. The fourth-order valence-corrected chi connectivity index (χ4v) is 9.70. The number of sulfone groups is 2. The summed E-state index contributed by atoms with van der Waals surface area (Å²) in [6.07, 6.45) is 30.8. The van der Waals surface area contributed by atoms with Crippen molar-refractivity contribution in [3.63, 3.8) is 0 Å². The lowest BCUT2D eigenvalue weighted by atomic mass is 10.2. The van der Waals surface area contributed by atoms with E-state index >= 15 is 0 Å². The molecule has 0 rings (SSSR count). The van der Waals surface area contributed by atoms with Crippen molar-refractivity contribution >= 4 is 43.2 Å². The van der Waals surface area contributed by atoms with Gasteiger partial charge in [0, 0.05) is 88.9 Å². The minimum Gasteiger partial charge on any atom is -0.386 e. The predicted octanol–water partition coefficient (Wildman–Crippen LogP) is 6.38. The van der Waals surface area contributed by atoms with Crippen molar-refractivity contribution in [3.8, 4) is 0 Å². The molecule has 0 aromatic carbocycles. The van der Waals surface area contributed by atoms with Crippen LogP contribution in [0, 0.1) is 0 Å². The predicted molar refractivity (Wildman–Crippen MR) is 350 cm³/mol. The number of allylic oxidation sites excluding steroid dienone is 6. The van der Waals surface area contributed by atoms with Crippen molar-refractivity contribution in [1.29, 1.82) is 0 Å². The fraction of sp³-hybridized carbons (Fsp3) is 0.839. The maximum atomic E-state index is 11.8. The van der Waals surface area contributed by atoms with E-state index in [4.69, 9.17) is 28.4 Å². The Morgan fingerprint density at radius 3 is 1.09 bits per heavy atom. The Bertz CT molecular complexity index is 1990. The van der Waals surface area contributed by atoms with E-state index < -0.39 is 25.8 Å². The summed E-state index contributed by atoms with van der Waals surface area (Å²) < 4.78 is 79.1. The highest BCUT2D eigenvalue weighted by Crippen LogP contribution is 2.06. The lowest BCUT2D eigenvalue weighted by Crippen LogP contribution is -2.48. The number of Topliss-reactive ketones (excluding diaryl/α,β-unsaturated/α-hetero) is 1. The summed E-state index contributed by atoms with van der Waals surface area (Å²) in [4.78, 5) is 46.4. The van der Waals surface area contributed by atoms with Crippen molar-refractivity contribution in [3.05, 3.63) is 36.5 Å². The number of carbonyl (C=O) groups is 4. The number of aliphatic hydroxyl groups excluding tert-OH is 1. The molecule has 0 aromatic heterocycles. The van der Waals surface area contributed by atoms with Gasteiger partial charge in [0.05, 0.1) is 120 Å². The van der Waals surface area contributed by atoms with Gasteiger partial charge in [0.15, 0.2) is 5.78 Å². The number of amides is 3. The zero-order valence-corrected chi connectivity index (χ0v) is 57.1. The van der Waals surface area contributed by atoms with E-state index in [1.807, 2.05) is 28.2 Å². The van der Waals surface area contributed by atoms with Crippen LogP contribution in [-0.2, 0) is 67.3 Å². The van der Waals surface area contributed by atoms with Gasteiger partial charge in [-0.05, 0) is 57.8 Å². The van der Waals surface area contributed by atoms with Crippen molar-refractivity contribution in [1.82, 2.24) is 16.0 Å². The minimum atomic E-state index is -3.20. The highest BCUT2D eigenvalue weighted by Gasteiger charge is 2.23. The van der Waals surface area contributed by atoms with Gasteiger partial charge in [-0.3, -0.25) is 19.2 Å². The van der Waals surface area contributed by atoms with Crippen LogP contribution in [0.4, 0.5) is 0 Å². The molecule has 0 heterocycles. The Hall–Kier alpha value is -3.20. The summed E-state index contributed by atoms with van der Waals surface area (Å²) in [7, 11) is 5.96. The molecule has 23 heteroatoms. The zero-order chi connectivity index (χ0) is 64.6. The second-order valence-electron chi connectivity index (χ2n) is 23.8. The molecule has 0 aliphatic rings. The second-order valence-corrected chi connectivity index (χ2v) is 28.2. The molecule has 0 spiro atoms. The van der Waals surface area contributed by atoms with Crippen molar-refractivity contribution in [2.45, 2.75) is 137 Å². The normalized spacial score (nSPS) is 12.7. The van der Waals surface area contributed by atoms with Crippen molar-refractivity contribution < 1.29 is 87.3 Å². The second kappa shape index (κ2) is 56.1. The van der Waals surface area contributed by atoms with E-state index in [1.165, 1.54) is 25.5 Å². The van der Waals surface area contributed by atoms with Gasteiger partial charge in [0.1, 0.15) is 58.7 Å².